The third kappa shape index (κ3) is 2.52. The first-order valence-corrected chi connectivity index (χ1v) is 7.13. The molecule has 2 atom stereocenters. The van der Waals surface area contributed by atoms with E-state index >= 15 is 0 Å². The number of carbonyl (C=O) groups is 2. The molecular weight excluding hydrogens is 262 g/mol. The van der Waals surface area contributed by atoms with Crippen LogP contribution in [0.15, 0.2) is 6.07 Å². The summed E-state index contributed by atoms with van der Waals surface area (Å²) in [7, 11) is 0. The monoisotopic (exact) mass is 281 g/mol. The maximum absolute atomic E-state index is 12.0. The van der Waals surface area contributed by atoms with Gasteiger partial charge in [-0.05, 0) is 30.9 Å². The number of aryl methyl sites for hydroxylation is 2. The van der Waals surface area contributed by atoms with Gasteiger partial charge in [-0.1, -0.05) is 13.8 Å². The summed E-state index contributed by atoms with van der Waals surface area (Å²) < 4.78 is 0. The van der Waals surface area contributed by atoms with Crippen LogP contribution in [0.25, 0.3) is 0 Å². The van der Waals surface area contributed by atoms with Gasteiger partial charge in [0.15, 0.2) is 0 Å². The Hall–Kier alpha value is -1.36. The second kappa shape index (κ2) is 4.63. The first kappa shape index (κ1) is 14.1. The highest BCUT2D eigenvalue weighted by molar-refractivity contribution is 7.12. The number of rotatable bonds is 4. The fourth-order valence-electron chi connectivity index (χ4n) is 2.61. The molecule has 0 aromatic carbocycles. The Morgan fingerprint density at radius 2 is 2.00 bits per heavy atom. The van der Waals surface area contributed by atoms with Crippen LogP contribution in [0.3, 0.4) is 0 Å². The predicted octanol–water partition coefficient (Wildman–Crippen LogP) is 2.34. The summed E-state index contributed by atoms with van der Waals surface area (Å²) in [4.78, 5) is 25.4. The lowest BCUT2D eigenvalue weighted by Crippen LogP contribution is -2.26. The third-order valence-corrected chi connectivity index (χ3v) is 5.18. The fraction of sp³-hybridized carbons (Fsp3) is 0.571. The summed E-state index contributed by atoms with van der Waals surface area (Å²) in [6, 6.07) is 2.06. The first-order valence-electron chi connectivity index (χ1n) is 6.31. The highest BCUT2D eigenvalue weighted by atomic mass is 32.1. The Morgan fingerprint density at radius 3 is 2.42 bits per heavy atom. The molecule has 0 bridgehead atoms. The number of nitrogens with one attached hydrogen (secondary N) is 1. The number of carboxylic acids is 1. The Morgan fingerprint density at radius 1 is 1.37 bits per heavy atom. The van der Waals surface area contributed by atoms with Gasteiger partial charge in [-0.25, -0.2) is 0 Å². The number of thiophene rings is 1. The van der Waals surface area contributed by atoms with Gasteiger partial charge in [0.05, 0.1) is 18.4 Å². The molecule has 1 amide bonds. The van der Waals surface area contributed by atoms with Gasteiger partial charge >= 0.3 is 5.97 Å². The lowest BCUT2D eigenvalue weighted by molar-refractivity contribution is -0.140. The molecule has 0 radical (unpaired) electrons. The van der Waals surface area contributed by atoms with Crippen molar-refractivity contribution in [1.82, 2.24) is 5.32 Å². The van der Waals surface area contributed by atoms with Crippen molar-refractivity contribution < 1.29 is 14.7 Å². The molecule has 19 heavy (non-hydrogen) atoms. The Balaban J connectivity index is 1.94. The van der Waals surface area contributed by atoms with Crippen LogP contribution >= 0.6 is 11.3 Å². The SMILES string of the molecule is Cc1cc(CNC(=O)C2C(C(=O)O)C2(C)C)sc1C. The molecular formula is C14H19NO3S. The maximum Gasteiger partial charge on any atom is 0.307 e. The highest BCUT2D eigenvalue weighted by Crippen LogP contribution is 2.58. The average Bonchev–Trinajstić information content (AvgIpc) is 2.74. The van der Waals surface area contributed by atoms with Crippen molar-refractivity contribution >= 4 is 23.2 Å². The van der Waals surface area contributed by atoms with Gasteiger partial charge in [-0.15, -0.1) is 11.3 Å². The van der Waals surface area contributed by atoms with Crippen molar-refractivity contribution in [1.29, 1.82) is 0 Å². The summed E-state index contributed by atoms with van der Waals surface area (Å²) >= 11 is 1.66. The molecule has 2 N–H and O–H groups in total. The summed E-state index contributed by atoms with van der Waals surface area (Å²) in [6.07, 6.45) is 0. The van der Waals surface area contributed by atoms with E-state index in [0.29, 0.717) is 6.54 Å². The zero-order valence-electron chi connectivity index (χ0n) is 11.6. The Labute approximate surface area is 116 Å². The van der Waals surface area contributed by atoms with E-state index in [-0.39, 0.29) is 5.91 Å². The lowest BCUT2D eigenvalue weighted by atomic mass is 10.1. The molecule has 1 saturated carbocycles. The van der Waals surface area contributed by atoms with E-state index < -0.39 is 23.2 Å². The van der Waals surface area contributed by atoms with E-state index in [1.807, 2.05) is 20.8 Å². The van der Waals surface area contributed by atoms with Crippen molar-refractivity contribution in [3.8, 4) is 0 Å². The van der Waals surface area contributed by atoms with Crippen LogP contribution < -0.4 is 5.32 Å². The van der Waals surface area contributed by atoms with Crippen molar-refractivity contribution in [3.05, 3.63) is 21.4 Å². The van der Waals surface area contributed by atoms with E-state index in [0.717, 1.165) is 4.88 Å². The van der Waals surface area contributed by atoms with Crippen LogP contribution in [0.4, 0.5) is 0 Å². The number of carbonyl (C=O) groups excluding carboxylic acids is 1. The minimum Gasteiger partial charge on any atom is -0.481 e. The molecule has 4 nitrogen and oxygen atoms in total. The maximum atomic E-state index is 12.0. The Kier molecular flexibility index (Phi) is 3.43. The molecule has 1 aliphatic rings. The van der Waals surface area contributed by atoms with Crippen molar-refractivity contribution in [3.63, 3.8) is 0 Å². The molecule has 2 rings (SSSR count). The minimum atomic E-state index is -0.882. The summed E-state index contributed by atoms with van der Waals surface area (Å²) in [5, 5.41) is 11.9. The number of hydrogen-bond acceptors (Lipinski definition) is 3. The lowest BCUT2D eigenvalue weighted by Gasteiger charge is -2.04. The molecule has 0 aliphatic heterocycles. The zero-order valence-corrected chi connectivity index (χ0v) is 12.4. The van der Waals surface area contributed by atoms with Gasteiger partial charge in [0.1, 0.15) is 0 Å². The molecule has 1 aromatic heterocycles. The quantitative estimate of drug-likeness (QED) is 0.890. The topological polar surface area (TPSA) is 66.4 Å². The molecule has 1 heterocycles. The third-order valence-electron chi connectivity index (χ3n) is 4.03. The second-order valence-corrected chi connectivity index (χ2v) is 7.13. The number of aliphatic carboxylic acids is 1. The number of carboxylic acid groups (broad SMARTS) is 1. The molecule has 5 heteroatoms. The van der Waals surface area contributed by atoms with Gasteiger partial charge in [0.2, 0.25) is 5.91 Å². The summed E-state index contributed by atoms with van der Waals surface area (Å²) in [5.74, 6) is -2.00. The minimum absolute atomic E-state index is 0.152. The molecule has 0 spiro atoms. The predicted molar refractivity (Wildman–Crippen MR) is 74.0 cm³/mol. The van der Waals surface area contributed by atoms with E-state index in [2.05, 4.69) is 18.3 Å². The van der Waals surface area contributed by atoms with Crippen LogP contribution in [0.1, 0.15) is 29.2 Å². The van der Waals surface area contributed by atoms with Crippen LogP contribution in [-0.4, -0.2) is 17.0 Å². The fourth-order valence-corrected chi connectivity index (χ4v) is 3.60. The molecule has 0 saturated heterocycles. The molecule has 2 unspecified atom stereocenters. The Bertz CT molecular complexity index is 513. The van der Waals surface area contributed by atoms with E-state index in [1.54, 1.807) is 11.3 Å². The van der Waals surface area contributed by atoms with Crippen molar-refractivity contribution in [2.45, 2.75) is 34.2 Å². The smallest absolute Gasteiger partial charge is 0.307 e. The second-order valence-electron chi connectivity index (χ2n) is 5.78. The molecule has 1 aliphatic carbocycles. The standard InChI is InChI=1S/C14H19NO3S/c1-7-5-9(19-8(7)2)6-15-12(16)10-11(13(17)18)14(10,3)4/h5,10-11H,6H2,1-4H3,(H,15,16)(H,17,18). The van der Waals surface area contributed by atoms with Crippen LogP contribution in [0.5, 0.6) is 0 Å². The van der Waals surface area contributed by atoms with Crippen LogP contribution in [0, 0.1) is 31.1 Å². The van der Waals surface area contributed by atoms with Gasteiger partial charge in [0, 0.05) is 9.75 Å². The average molecular weight is 281 g/mol. The summed E-state index contributed by atoms with van der Waals surface area (Å²) in [6.45, 7) is 8.24. The number of hydrogen-bond donors (Lipinski definition) is 2. The largest absolute Gasteiger partial charge is 0.481 e. The zero-order chi connectivity index (χ0) is 14.4. The van der Waals surface area contributed by atoms with Crippen LogP contribution in [0.2, 0.25) is 0 Å². The van der Waals surface area contributed by atoms with E-state index in [1.165, 1.54) is 10.4 Å². The van der Waals surface area contributed by atoms with Crippen molar-refractivity contribution in [2.24, 2.45) is 17.3 Å². The van der Waals surface area contributed by atoms with Gasteiger partial charge < -0.3 is 10.4 Å². The van der Waals surface area contributed by atoms with Gasteiger partial charge in [-0.3, -0.25) is 9.59 Å². The van der Waals surface area contributed by atoms with E-state index in [4.69, 9.17) is 5.11 Å². The van der Waals surface area contributed by atoms with Gasteiger partial charge in [0.25, 0.3) is 0 Å². The highest BCUT2D eigenvalue weighted by Gasteiger charge is 2.65. The number of amides is 1. The van der Waals surface area contributed by atoms with Crippen molar-refractivity contribution in [2.75, 3.05) is 0 Å². The first-order chi connectivity index (χ1) is 8.75. The molecule has 1 aromatic rings. The van der Waals surface area contributed by atoms with Gasteiger partial charge in [-0.2, -0.15) is 0 Å². The normalized spacial score (nSPS) is 24.0. The molecule has 104 valence electrons. The summed E-state index contributed by atoms with van der Waals surface area (Å²) in [5.41, 5.74) is 0.793. The molecule has 1 fully saturated rings. The van der Waals surface area contributed by atoms with Crippen LogP contribution in [-0.2, 0) is 16.1 Å². The van der Waals surface area contributed by atoms with E-state index in [9.17, 15) is 9.59 Å².